The molecular formula is C6H15ClSi. The Balaban J connectivity index is 6.97. The molecule has 0 N–H and O–H groups in total. The van der Waals surface area contributed by atoms with E-state index in [-0.39, 0.29) is 0 Å². The molecule has 0 fully saturated rings. The Kier molecular flexibility index (Phi) is 0.416. The van der Waals surface area contributed by atoms with Gasteiger partial charge in [0.05, 0.1) is 0 Å². The summed E-state index contributed by atoms with van der Waals surface area (Å²) in [5.41, 5.74) is 0. The first kappa shape index (κ1) is 0.946. The standard InChI is InChI=1S/C6H15ClSi/c1-4-8(7,5-2)6-3/h4-6H2,1-3H3/i1D3,2D3,3D3,4D2,5D2,6D2. The van der Waals surface area contributed by atoms with Gasteiger partial charge < -0.3 is 0 Å². The Morgan fingerprint density at radius 3 is 2.00 bits per heavy atom. The summed E-state index contributed by atoms with van der Waals surface area (Å²) >= 11 is 5.80. The number of rotatable bonds is 3. The van der Waals surface area contributed by atoms with Crippen molar-refractivity contribution in [3.05, 3.63) is 0 Å². The van der Waals surface area contributed by atoms with E-state index in [4.69, 9.17) is 31.6 Å². The van der Waals surface area contributed by atoms with Gasteiger partial charge in [-0.15, -0.1) is 0 Å². The predicted molar refractivity (Wildman–Crippen MR) is 43.1 cm³/mol. The van der Waals surface area contributed by atoms with Crippen LogP contribution in [0, 0.1) is 0 Å². The Hall–Kier alpha value is 0.507. The van der Waals surface area contributed by atoms with Crippen LogP contribution >= 0.6 is 11.1 Å². The summed E-state index contributed by atoms with van der Waals surface area (Å²) in [6.07, 6.45) is 0. The van der Waals surface area contributed by atoms with Crippen LogP contribution in [0.1, 0.15) is 41.1 Å². The summed E-state index contributed by atoms with van der Waals surface area (Å²) < 4.78 is 110. The molecule has 0 amide bonds. The summed E-state index contributed by atoms with van der Waals surface area (Å²) in [5, 5.41) is 0. The molecule has 0 bridgehead atoms. The van der Waals surface area contributed by atoms with Gasteiger partial charge >= 0.3 is 0 Å². The molecule has 0 aliphatic heterocycles. The molecule has 0 aromatic carbocycles. The Bertz CT molecular complexity index is 376. The second-order valence-electron chi connectivity index (χ2n) is 1.03. The monoisotopic (exact) mass is 165 g/mol. The molecule has 0 spiro atoms. The van der Waals surface area contributed by atoms with E-state index in [1.54, 1.807) is 0 Å². The zero-order chi connectivity index (χ0) is 19.5. The molecule has 0 atom stereocenters. The fraction of sp³-hybridized carbons (Fsp3) is 1.00. The molecule has 0 unspecified atom stereocenters. The lowest BCUT2D eigenvalue weighted by Crippen LogP contribution is -2.22. The van der Waals surface area contributed by atoms with Crippen LogP contribution in [0.25, 0.3) is 0 Å². The van der Waals surface area contributed by atoms with Gasteiger partial charge in [-0.2, -0.15) is 11.1 Å². The van der Waals surface area contributed by atoms with Gasteiger partial charge in [0.25, 0.3) is 0 Å². The van der Waals surface area contributed by atoms with Crippen molar-refractivity contribution in [1.29, 1.82) is 0 Å². The maximum atomic E-state index is 7.66. The average Bonchev–Trinajstić information content (AvgIpc) is 2.22. The van der Waals surface area contributed by atoms with Crippen LogP contribution in [0.3, 0.4) is 0 Å². The van der Waals surface area contributed by atoms with Crippen LogP contribution in [0.5, 0.6) is 0 Å². The zero-order valence-electron chi connectivity index (χ0n) is 18.9. The SMILES string of the molecule is [2H]C([2H])([2H])C([2H])([2H])[Si](Cl)(C([2H])([2H])C([2H])([2H])[2H])C([2H])([2H])C([2H])([2H])[2H]. The molecule has 0 saturated carbocycles. The van der Waals surface area contributed by atoms with Crippen molar-refractivity contribution in [1.82, 2.24) is 0 Å². The first-order chi connectivity index (χ1) is 9.50. The Labute approximate surface area is 79.0 Å². The van der Waals surface area contributed by atoms with E-state index in [1.807, 2.05) is 0 Å². The molecule has 8 heavy (non-hydrogen) atoms. The Morgan fingerprint density at radius 1 is 1.38 bits per heavy atom. The van der Waals surface area contributed by atoms with Gasteiger partial charge in [-0.3, -0.25) is 0 Å². The normalized spacial score (nSPS) is 49.9. The van der Waals surface area contributed by atoms with Crippen LogP contribution < -0.4 is 0 Å². The molecule has 0 saturated heterocycles. The number of hydrogen-bond donors (Lipinski definition) is 0. The number of halogens is 1. The molecule has 0 heterocycles. The average molecular weight is 166 g/mol. The molecule has 0 aromatic rings. The van der Waals surface area contributed by atoms with E-state index in [9.17, 15) is 0 Å². The van der Waals surface area contributed by atoms with Crippen molar-refractivity contribution in [3.63, 3.8) is 0 Å². The fourth-order valence-corrected chi connectivity index (χ4v) is 0.281. The van der Waals surface area contributed by atoms with Crippen LogP contribution in [0.2, 0.25) is 18.0 Å². The zero-order valence-corrected chi connectivity index (χ0v) is 5.63. The maximum Gasteiger partial charge on any atom is 0.155 e. The largest absolute Gasteiger partial charge is 0.167 e. The highest BCUT2D eigenvalue weighted by Gasteiger charge is 2.22. The van der Waals surface area contributed by atoms with Gasteiger partial charge in [-0.25, -0.2) is 0 Å². The predicted octanol–water partition coefficient (Wildman–Crippen LogP) is 3.23. The van der Waals surface area contributed by atoms with Crippen molar-refractivity contribution < 1.29 is 20.6 Å². The third kappa shape index (κ3) is 2.18. The van der Waals surface area contributed by atoms with E-state index in [2.05, 4.69) is 0 Å². The van der Waals surface area contributed by atoms with Gasteiger partial charge in [0, 0.05) is 20.6 Å². The van der Waals surface area contributed by atoms with Crippen molar-refractivity contribution >= 4 is 18.5 Å². The summed E-state index contributed by atoms with van der Waals surface area (Å²) in [5.74, 6) is -11.7. The van der Waals surface area contributed by atoms with Gasteiger partial charge in [-0.1, -0.05) is 20.6 Å². The van der Waals surface area contributed by atoms with Crippen molar-refractivity contribution in [2.45, 2.75) is 38.5 Å². The lowest BCUT2D eigenvalue weighted by molar-refractivity contribution is 1.22. The molecule has 0 radical (unpaired) electrons. The van der Waals surface area contributed by atoms with Crippen molar-refractivity contribution in [2.75, 3.05) is 0 Å². The van der Waals surface area contributed by atoms with Crippen LogP contribution in [0.4, 0.5) is 0 Å². The van der Waals surface area contributed by atoms with Gasteiger partial charge in [0.15, 0.2) is 7.38 Å². The molecule has 2 heteroatoms. The minimum absolute atomic E-state index is 3.74. The van der Waals surface area contributed by atoms with Crippen LogP contribution in [-0.2, 0) is 0 Å². The summed E-state index contributed by atoms with van der Waals surface area (Å²) in [6, 6.07) is 0. The highest BCUT2D eigenvalue weighted by Crippen LogP contribution is 2.23. The fourth-order valence-electron chi connectivity index (χ4n) is 0.0938. The maximum absolute atomic E-state index is 7.66. The van der Waals surface area contributed by atoms with Gasteiger partial charge in [0.1, 0.15) is 0 Å². The summed E-state index contributed by atoms with van der Waals surface area (Å²) in [6.45, 7) is -11.2. The van der Waals surface area contributed by atoms with Crippen molar-refractivity contribution in [2.24, 2.45) is 0 Å². The highest BCUT2D eigenvalue weighted by atomic mass is 35.6. The summed E-state index contributed by atoms with van der Waals surface area (Å²) in [4.78, 5) is 0. The van der Waals surface area contributed by atoms with E-state index < -0.39 is 45.9 Å². The minimum Gasteiger partial charge on any atom is -0.167 e. The van der Waals surface area contributed by atoms with E-state index in [0.29, 0.717) is 0 Å². The number of hydrogen-bond acceptors (Lipinski definition) is 0. The van der Waals surface area contributed by atoms with Crippen LogP contribution in [-0.4, -0.2) is 7.38 Å². The van der Waals surface area contributed by atoms with Gasteiger partial charge in [0.2, 0.25) is 0 Å². The topological polar surface area (TPSA) is 0 Å². The second kappa shape index (κ2) is 3.52. The third-order valence-electron chi connectivity index (χ3n) is 0.517. The molecular weight excluding hydrogens is 136 g/mol. The molecule has 0 aliphatic rings. The van der Waals surface area contributed by atoms with Crippen LogP contribution in [0.15, 0.2) is 0 Å². The molecule has 0 aliphatic carbocycles. The molecule has 0 rings (SSSR count). The molecule has 50 valence electrons. The second-order valence-corrected chi connectivity index (χ2v) is 4.80. The minimum atomic E-state index is -6.05. The third-order valence-corrected chi connectivity index (χ3v) is 2.40. The first-order valence-electron chi connectivity index (χ1n) is 9.19. The van der Waals surface area contributed by atoms with Crippen molar-refractivity contribution in [3.8, 4) is 0 Å². The highest BCUT2D eigenvalue weighted by molar-refractivity contribution is 7.20. The molecule has 0 aromatic heterocycles. The van der Waals surface area contributed by atoms with E-state index >= 15 is 0 Å². The van der Waals surface area contributed by atoms with E-state index in [0.717, 1.165) is 0 Å². The quantitative estimate of drug-likeness (QED) is 0.445. The Morgan fingerprint density at radius 2 is 1.75 bits per heavy atom. The molecule has 0 nitrogen and oxygen atoms in total. The first-order valence-corrected chi connectivity index (χ1v) is 4.70. The van der Waals surface area contributed by atoms with E-state index in [1.165, 1.54) is 0 Å². The summed E-state index contributed by atoms with van der Waals surface area (Å²) in [7, 11) is -6.05. The smallest absolute Gasteiger partial charge is 0.155 e. The van der Waals surface area contributed by atoms with Gasteiger partial charge in [-0.05, 0) is 18.0 Å². The lowest BCUT2D eigenvalue weighted by atomic mass is 10.9. The lowest BCUT2D eigenvalue weighted by Gasteiger charge is -2.17.